The lowest BCUT2D eigenvalue weighted by Crippen LogP contribution is -1.90. The first-order chi connectivity index (χ1) is 3.91. The van der Waals surface area contributed by atoms with Crippen molar-refractivity contribution in [1.29, 1.82) is 0 Å². The van der Waals surface area contributed by atoms with Gasteiger partial charge in [0, 0.05) is 18.0 Å². The van der Waals surface area contributed by atoms with Crippen molar-refractivity contribution in [3.63, 3.8) is 0 Å². The van der Waals surface area contributed by atoms with E-state index in [-0.39, 0.29) is 0 Å². The van der Waals surface area contributed by atoms with Gasteiger partial charge in [-0.2, -0.15) is 11.8 Å². The lowest BCUT2D eigenvalue weighted by atomic mass is 10.7. The zero-order chi connectivity index (χ0) is 6.24. The maximum absolute atomic E-state index is 4.89. The molecular weight excluding hydrogens is 118 g/mol. The quantitative estimate of drug-likeness (QED) is 0.449. The van der Waals surface area contributed by atoms with Crippen LogP contribution < -0.4 is 5.32 Å². The molecule has 0 saturated heterocycles. The van der Waals surface area contributed by atoms with Crippen molar-refractivity contribution in [2.24, 2.45) is 0 Å². The summed E-state index contributed by atoms with van der Waals surface area (Å²) in [5.74, 6) is 1.01. The molecular formula is C6H9NS. The number of hydrogen-bond donors (Lipinski definition) is 1. The summed E-state index contributed by atoms with van der Waals surface area (Å²) in [6, 6.07) is 2.28. The Balaban J connectivity index is 2.98. The van der Waals surface area contributed by atoms with Crippen LogP contribution in [0, 0.1) is 12.5 Å². The molecule has 1 N–H and O–H groups in total. The summed E-state index contributed by atoms with van der Waals surface area (Å²) in [6.45, 7) is 0. The summed E-state index contributed by atoms with van der Waals surface area (Å²) >= 11 is 1.76. The Morgan fingerprint density at radius 3 is 3.12 bits per heavy atom. The van der Waals surface area contributed by atoms with Gasteiger partial charge >= 0.3 is 0 Å². The average Bonchev–Trinajstić information content (AvgIpc) is 1.81. The highest BCUT2D eigenvalue weighted by molar-refractivity contribution is 7.98. The molecule has 0 heterocycles. The Morgan fingerprint density at radius 1 is 1.88 bits per heavy atom. The standard InChI is InChI=1S/C6H9NS/c1-3-7-5-4-6-8-2/h1,4-5,7H,6H2,2H3/b5-4-. The van der Waals surface area contributed by atoms with Crippen molar-refractivity contribution in [3.8, 4) is 12.5 Å². The van der Waals surface area contributed by atoms with Gasteiger partial charge in [0.15, 0.2) is 0 Å². The van der Waals surface area contributed by atoms with E-state index in [1.807, 2.05) is 12.3 Å². The van der Waals surface area contributed by atoms with Gasteiger partial charge in [-0.3, -0.25) is 0 Å². The minimum Gasteiger partial charge on any atom is -0.322 e. The second-order valence-electron chi connectivity index (χ2n) is 1.15. The van der Waals surface area contributed by atoms with Gasteiger partial charge < -0.3 is 5.32 Å². The van der Waals surface area contributed by atoms with Crippen molar-refractivity contribution in [2.45, 2.75) is 0 Å². The molecule has 1 nitrogen and oxygen atoms in total. The Labute approximate surface area is 54.5 Å². The van der Waals surface area contributed by atoms with E-state index in [9.17, 15) is 0 Å². The van der Waals surface area contributed by atoms with Crippen molar-refractivity contribution >= 4 is 11.8 Å². The van der Waals surface area contributed by atoms with E-state index in [0.29, 0.717) is 0 Å². The van der Waals surface area contributed by atoms with Gasteiger partial charge in [0.25, 0.3) is 0 Å². The van der Waals surface area contributed by atoms with Crippen molar-refractivity contribution in [1.82, 2.24) is 5.32 Å². The van der Waals surface area contributed by atoms with Gasteiger partial charge in [-0.05, 0) is 6.26 Å². The minimum absolute atomic E-state index is 1.01. The van der Waals surface area contributed by atoms with Crippen LogP contribution >= 0.6 is 11.8 Å². The smallest absolute Gasteiger partial charge is 0.0128 e. The second kappa shape index (κ2) is 6.45. The predicted molar refractivity (Wildman–Crippen MR) is 39.5 cm³/mol. The van der Waals surface area contributed by atoms with Crippen LogP contribution in [-0.4, -0.2) is 12.0 Å². The molecule has 8 heavy (non-hydrogen) atoms. The Bertz CT molecular complexity index is 102. The number of terminal acetylenes is 1. The summed E-state index contributed by atoms with van der Waals surface area (Å²) in [5.41, 5.74) is 0. The maximum atomic E-state index is 4.89. The van der Waals surface area contributed by atoms with Crippen molar-refractivity contribution in [2.75, 3.05) is 12.0 Å². The molecule has 2 heteroatoms. The van der Waals surface area contributed by atoms with Crippen molar-refractivity contribution < 1.29 is 0 Å². The molecule has 0 radical (unpaired) electrons. The van der Waals surface area contributed by atoms with Gasteiger partial charge in [-0.25, -0.2) is 0 Å². The number of thioether (sulfide) groups is 1. The third-order valence-electron chi connectivity index (χ3n) is 0.547. The lowest BCUT2D eigenvalue weighted by molar-refractivity contribution is 1.26. The molecule has 0 aliphatic carbocycles. The predicted octanol–water partition coefficient (Wildman–Crippen LogP) is 1.04. The topological polar surface area (TPSA) is 12.0 Å². The molecule has 0 rings (SSSR count). The second-order valence-corrected chi connectivity index (χ2v) is 2.06. The summed E-state index contributed by atoms with van der Waals surface area (Å²) in [5, 5.41) is 2.62. The zero-order valence-electron chi connectivity index (χ0n) is 4.85. The summed E-state index contributed by atoms with van der Waals surface area (Å²) in [7, 11) is 0. The lowest BCUT2D eigenvalue weighted by Gasteiger charge is -1.82. The SMILES string of the molecule is C#CN/C=C\CSC. The summed E-state index contributed by atoms with van der Waals surface area (Å²) in [6.07, 6.45) is 10.7. The van der Waals surface area contributed by atoms with Crippen LogP contribution in [0.4, 0.5) is 0 Å². The monoisotopic (exact) mass is 127 g/mol. The molecule has 0 aliphatic rings. The van der Waals surface area contributed by atoms with Crippen LogP contribution in [-0.2, 0) is 0 Å². The molecule has 0 saturated carbocycles. The van der Waals surface area contributed by atoms with Gasteiger partial charge in [-0.1, -0.05) is 12.5 Å². The van der Waals surface area contributed by atoms with Crippen LogP contribution in [0.25, 0.3) is 0 Å². The molecule has 0 unspecified atom stereocenters. The molecule has 0 aromatic rings. The summed E-state index contributed by atoms with van der Waals surface area (Å²) < 4.78 is 0. The van der Waals surface area contributed by atoms with E-state index in [1.54, 1.807) is 18.0 Å². The molecule has 0 fully saturated rings. The van der Waals surface area contributed by atoms with Crippen LogP contribution in [0.5, 0.6) is 0 Å². The van der Waals surface area contributed by atoms with Gasteiger partial charge in [0.1, 0.15) is 0 Å². The molecule has 0 amide bonds. The Hall–Kier alpha value is -0.550. The maximum Gasteiger partial charge on any atom is 0.0128 e. The third-order valence-corrected chi connectivity index (χ3v) is 1.07. The van der Waals surface area contributed by atoms with Gasteiger partial charge in [0.05, 0.1) is 0 Å². The molecule has 0 spiro atoms. The largest absolute Gasteiger partial charge is 0.322 e. The Morgan fingerprint density at radius 2 is 2.62 bits per heavy atom. The van der Waals surface area contributed by atoms with Crippen molar-refractivity contribution in [3.05, 3.63) is 12.3 Å². The van der Waals surface area contributed by atoms with Gasteiger partial charge in [0.2, 0.25) is 0 Å². The van der Waals surface area contributed by atoms with E-state index in [0.717, 1.165) is 5.75 Å². The minimum atomic E-state index is 1.01. The van der Waals surface area contributed by atoms with E-state index < -0.39 is 0 Å². The summed E-state index contributed by atoms with van der Waals surface area (Å²) in [4.78, 5) is 0. The van der Waals surface area contributed by atoms with E-state index in [4.69, 9.17) is 6.42 Å². The fourth-order valence-corrected chi connectivity index (χ4v) is 0.540. The number of hydrogen-bond acceptors (Lipinski definition) is 2. The fraction of sp³-hybridized carbons (Fsp3) is 0.333. The van der Waals surface area contributed by atoms with Gasteiger partial charge in [-0.15, -0.1) is 0 Å². The van der Waals surface area contributed by atoms with E-state index >= 15 is 0 Å². The normalized spacial score (nSPS) is 9.00. The molecule has 0 atom stereocenters. The highest BCUT2D eigenvalue weighted by Crippen LogP contribution is 1.88. The number of nitrogens with one attached hydrogen (secondary N) is 1. The first-order valence-electron chi connectivity index (χ1n) is 2.27. The van der Waals surface area contributed by atoms with E-state index in [1.165, 1.54) is 0 Å². The molecule has 0 bridgehead atoms. The van der Waals surface area contributed by atoms with E-state index in [2.05, 4.69) is 11.4 Å². The van der Waals surface area contributed by atoms with Crippen LogP contribution in [0.3, 0.4) is 0 Å². The first kappa shape index (κ1) is 7.45. The highest BCUT2D eigenvalue weighted by Gasteiger charge is 1.67. The van der Waals surface area contributed by atoms with Crippen LogP contribution in [0.1, 0.15) is 0 Å². The fourth-order valence-electron chi connectivity index (χ4n) is 0.251. The molecule has 0 aliphatic heterocycles. The highest BCUT2D eigenvalue weighted by atomic mass is 32.2. The number of rotatable bonds is 3. The Kier molecular flexibility index (Phi) is 6.01. The molecule has 44 valence electrons. The third kappa shape index (κ3) is 5.45. The average molecular weight is 127 g/mol. The zero-order valence-corrected chi connectivity index (χ0v) is 5.66. The molecule has 0 aromatic carbocycles. The van der Waals surface area contributed by atoms with Crippen LogP contribution in [0.15, 0.2) is 12.3 Å². The van der Waals surface area contributed by atoms with Crippen LogP contribution in [0.2, 0.25) is 0 Å². The molecule has 0 aromatic heterocycles. The first-order valence-corrected chi connectivity index (χ1v) is 3.66.